The molecule has 3 saturated heterocycles. The van der Waals surface area contributed by atoms with E-state index in [2.05, 4.69) is 34.3 Å². The highest BCUT2D eigenvalue weighted by Gasteiger charge is 2.42. The zero-order chi connectivity index (χ0) is 28.6. The number of fused-ring (bicyclic) bond motifs is 2. The Morgan fingerprint density at radius 3 is 2.05 bits per heavy atom. The molecule has 3 fully saturated rings. The number of nitrogens with zero attached hydrogens (tertiary/aromatic N) is 3. The molecule has 2 bridgehead atoms. The van der Waals surface area contributed by atoms with Crippen LogP contribution in [0.2, 0.25) is 0 Å². The van der Waals surface area contributed by atoms with Gasteiger partial charge in [-0.2, -0.15) is 0 Å². The quantitative estimate of drug-likeness (QED) is 0.490. The van der Waals surface area contributed by atoms with Crippen molar-refractivity contribution in [2.45, 2.75) is 96.4 Å². The maximum Gasteiger partial charge on any atom is 0.253 e. The molecule has 3 amide bonds. The van der Waals surface area contributed by atoms with Crippen molar-refractivity contribution in [2.75, 3.05) is 18.0 Å². The van der Waals surface area contributed by atoms with Crippen molar-refractivity contribution < 1.29 is 14.4 Å². The molecule has 214 valence electrons. The molecule has 3 aliphatic heterocycles. The number of benzene rings is 1. The van der Waals surface area contributed by atoms with Crippen molar-refractivity contribution in [1.82, 2.24) is 20.5 Å². The van der Waals surface area contributed by atoms with E-state index in [1.165, 1.54) is 0 Å². The van der Waals surface area contributed by atoms with Crippen LogP contribution in [0.15, 0.2) is 30.5 Å². The molecule has 0 aliphatic carbocycles. The molecular formula is C31H42N6O3. The molecule has 4 heterocycles. The highest BCUT2D eigenvalue weighted by atomic mass is 16.2. The molecule has 3 atom stereocenters. The predicted octanol–water partition coefficient (Wildman–Crippen LogP) is 3.33. The van der Waals surface area contributed by atoms with Gasteiger partial charge in [-0.15, -0.1) is 0 Å². The van der Waals surface area contributed by atoms with Gasteiger partial charge in [0.15, 0.2) is 0 Å². The summed E-state index contributed by atoms with van der Waals surface area (Å²) in [7, 11) is 0. The largest absolute Gasteiger partial charge is 0.366 e. The lowest BCUT2D eigenvalue weighted by Gasteiger charge is -2.40. The average Bonchev–Trinajstić information content (AvgIpc) is 3.19. The van der Waals surface area contributed by atoms with Gasteiger partial charge in [0.05, 0.1) is 5.56 Å². The summed E-state index contributed by atoms with van der Waals surface area (Å²) in [6.45, 7) is 10.1. The van der Waals surface area contributed by atoms with Gasteiger partial charge in [-0.3, -0.25) is 14.4 Å². The van der Waals surface area contributed by atoms with Crippen LogP contribution in [0, 0.1) is 13.8 Å². The third-order valence-corrected chi connectivity index (χ3v) is 9.02. The summed E-state index contributed by atoms with van der Waals surface area (Å²) >= 11 is 0. The Bertz CT molecular complexity index is 1250. The molecule has 0 spiro atoms. The van der Waals surface area contributed by atoms with Gasteiger partial charge >= 0.3 is 0 Å². The van der Waals surface area contributed by atoms with Crippen LogP contribution < -0.4 is 21.3 Å². The smallest absolute Gasteiger partial charge is 0.253 e. The van der Waals surface area contributed by atoms with Gasteiger partial charge in [0.2, 0.25) is 5.91 Å². The number of primary amides is 1. The zero-order valence-corrected chi connectivity index (χ0v) is 24.1. The number of nitrogens with one attached hydrogen (secondary N) is 2. The van der Waals surface area contributed by atoms with Crippen LogP contribution in [0.1, 0.15) is 94.6 Å². The predicted molar refractivity (Wildman–Crippen MR) is 156 cm³/mol. The first kappa shape index (κ1) is 28.1. The van der Waals surface area contributed by atoms with Crippen molar-refractivity contribution in [3.05, 3.63) is 58.3 Å². The van der Waals surface area contributed by atoms with Gasteiger partial charge < -0.3 is 26.2 Å². The molecule has 3 aliphatic rings. The van der Waals surface area contributed by atoms with E-state index in [1.54, 1.807) is 25.3 Å². The second kappa shape index (κ2) is 11.6. The first-order valence-electron chi connectivity index (χ1n) is 14.6. The van der Waals surface area contributed by atoms with E-state index in [9.17, 15) is 14.4 Å². The molecule has 9 nitrogen and oxygen atoms in total. The number of piperidine rings is 2. The number of carbonyl (C=O) groups is 3. The van der Waals surface area contributed by atoms with Crippen LogP contribution in [0.3, 0.4) is 0 Å². The first-order chi connectivity index (χ1) is 19.1. The molecular weight excluding hydrogens is 504 g/mol. The van der Waals surface area contributed by atoms with Gasteiger partial charge in [-0.1, -0.05) is 0 Å². The second-order valence-electron chi connectivity index (χ2n) is 12.1. The summed E-state index contributed by atoms with van der Waals surface area (Å²) in [6.07, 6.45) is 7.45. The van der Waals surface area contributed by atoms with Gasteiger partial charge in [0.25, 0.3) is 11.8 Å². The van der Waals surface area contributed by atoms with E-state index < -0.39 is 5.91 Å². The Hall–Kier alpha value is -3.46. The highest BCUT2D eigenvalue weighted by Crippen LogP contribution is 2.38. The maximum absolute atomic E-state index is 13.1. The number of pyridine rings is 1. The molecule has 0 saturated carbocycles. The lowest BCUT2D eigenvalue weighted by molar-refractivity contribution is 0.0897. The van der Waals surface area contributed by atoms with Crippen LogP contribution >= 0.6 is 0 Å². The maximum atomic E-state index is 13.1. The zero-order valence-electron chi connectivity index (χ0n) is 24.1. The van der Waals surface area contributed by atoms with E-state index in [0.717, 1.165) is 63.0 Å². The van der Waals surface area contributed by atoms with Crippen LogP contribution in [0.4, 0.5) is 5.82 Å². The fourth-order valence-electron chi connectivity index (χ4n) is 6.76. The van der Waals surface area contributed by atoms with Crippen molar-refractivity contribution in [3.8, 4) is 0 Å². The van der Waals surface area contributed by atoms with Crippen LogP contribution in [-0.4, -0.2) is 70.9 Å². The molecule has 0 radical (unpaired) electrons. The molecule has 1 unspecified atom stereocenters. The minimum atomic E-state index is -0.485. The SMILES string of the molecule is Cc1cc(C(=O)NC2C[C@H]3CC[C@@H](C2)N3c2ccc(C(=O)NC3CCN(C(C)C)CC3)cn2)c(C)cc1C(N)=O. The van der Waals surface area contributed by atoms with Crippen molar-refractivity contribution in [1.29, 1.82) is 0 Å². The number of aryl methyl sites for hydroxylation is 2. The Morgan fingerprint density at radius 2 is 1.48 bits per heavy atom. The Morgan fingerprint density at radius 1 is 0.875 bits per heavy atom. The summed E-state index contributed by atoms with van der Waals surface area (Å²) < 4.78 is 0. The number of carbonyl (C=O) groups excluding carboxylic acids is 3. The second-order valence-corrected chi connectivity index (χ2v) is 12.1. The number of hydrogen-bond acceptors (Lipinski definition) is 6. The minimum absolute atomic E-state index is 0.0548. The normalized spacial score (nSPS) is 23.3. The Balaban J connectivity index is 1.17. The number of aromatic nitrogens is 1. The van der Waals surface area contributed by atoms with E-state index in [4.69, 9.17) is 10.7 Å². The van der Waals surface area contributed by atoms with Crippen molar-refractivity contribution in [2.24, 2.45) is 5.73 Å². The van der Waals surface area contributed by atoms with Crippen molar-refractivity contribution >= 4 is 23.5 Å². The molecule has 1 aromatic carbocycles. The number of likely N-dealkylation sites (tertiary alicyclic amines) is 1. The number of rotatable bonds is 7. The fourth-order valence-corrected chi connectivity index (χ4v) is 6.76. The first-order valence-corrected chi connectivity index (χ1v) is 14.6. The van der Waals surface area contributed by atoms with E-state index in [1.807, 2.05) is 19.1 Å². The Kier molecular flexibility index (Phi) is 8.12. The van der Waals surface area contributed by atoms with Crippen molar-refractivity contribution in [3.63, 3.8) is 0 Å². The minimum Gasteiger partial charge on any atom is -0.366 e. The molecule has 1 aromatic heterocycles. The third-order valence-electron chi connectivity index (χ3n) is 9.02. The van der Waals surface area contributed by atoms with Gasteiger partial charge in [-0.25, -0.2) is 4.98 Å². The third kappa shape index (κ3) is 5.84. The monoisotopic (exact) mass is 546 g/mol. The van der Waals surface area contributed by atoms with E-state index in [0.29, 0.717) is 40.4 Å². The van der Waals surface area contributed by atoms with Crippen LogP contribution in [-0.2, 0) is 0 Å². The molecule has 5 rings (SSSR count). The summed E-state index contributed by atoms with van der Waals surface area (Å²) in [5.74, 6) is 0.243. The summed E-state index contributed by atoms with van der Waals surface area (Å²) in [5, 5.41) is 6.43. The molecule has 40 heavy (non-hydrogen) atoms. The standard InChI is InChI=1S/C31H42N6O3/c1-18(2)36-11-9-22(10-12-36)34-30(39)21-5-8-28(33-17-21)37-24-6-7-25(37)16-23(15-24)35-31(40)27-14-19(3)26(29(32)38)13-20(27)4/h5,8,13-14,17-18,22-25H,6-7,9-12,15-16H2,1-4H3,(H2,32,38)(H,34,39)(H,35,40)/t23?,24-,25+. The number of amides is 3. The molecule has 9 heteroatoms. The Labute approximate surface area is 236 Å². The topological polar surface area (TPSA) is 121 Å². The van der Waals surface area contributed by atoms with E-state index >= 15 is 0 Å². The van der Waals surface area contributed by atoms with E-state index in [-0.39, 0.29) is 23.9 Å². The van der Waals surface area contributed by atoms with Crippen LogP contribution in [0.25, 0.3) is 0 Å². The summed E-state index contributed by atoms with van der Waals surface area (Å²) in [5.41, 5.74) is 8.53. The number of hydrogen-bond donors (Lipinski definition) is 3. The van der Waals surface area contributed by atoms with Gasteiger partial charge in [-0.05, 0) is 102 Å². The number of anilines is 1. The molecule has 4 N–H and O–H groups in total. The number of nitrogens with two attached hydrogens (primary N) is 1. The summed E-state index contributed by atoms with van der Waals surface area (Å²) in [4.78, 5) is 47.2. The fraction of sp³-hybridized carbons (Fsp3) is 0.548. The molecule has 2 aromatic rings. The van der Waals surface area contributed by atoms with Crippen LogP contribution in [0.5, 0.6) is 0 Å². The average molecular weight is 547 g/mol. The summed E-state index contributed by atoms with van der Waals surface area (Å²) in [6, 6.07) is 8.71. The highest BCUT2D eigenvalue weighted by molar-refractivity contribution is 5.99. The van der Waals surface area contributed by atoms with Gasteiger partial charge in [0, 0.05) is 60.6 Å². The lowest BCUT2D eigenvalue weighted by Crippen LogP contribution is -2.51. The lowest BCUT2D eigenvalue weighted by atomic mass is 9.95. The van der Waals surface area contributed by atoms with Gasteiger partial charge in [0.1, 0.15) is 5.82 Å².